The number of nitrogens with one attached hydrogen (secondary N) is 1. The standard InChI is InChI=1S/C29H34N6O4/c1-29(2,3)39-28(38)32-22(26(36)34-19(13-30)10-17-11-24(17)34)15-33-14-20-12-25(33)27(37)35(20)23-8-5-16-9-18(31-4)6-7-21(16)23/h6-7,9,17,19-20,22-25H,5,8,10-12,14-15H2,1-3H3,(H,32,38)/t17-,19+,20-,22+,23+,24+,25-/m1/s1. The van der Waals surface area contributed by atoms with Gasteiger partial charge >= 0.3 is 6.09 Å². The van der Waals surface area contributed by atoms with E-state index in [-0.39, 0.29) is 42.5 Å². The summed E-state index contributed by atoms with van der Waals surface area (Å²) in [6.45, 7) is 13.4. The number of nitrogens with zero attached hydrogens (tertiary/aromatic N) is 5. The number of carbonyl (C=O) groups is 3. The lowest BCUT2D eigenvalue weighted by Gasteiger charge is -2.39. The van der Waals surface area contributed by atoms with Crippen molar-refractivity contribution in [1.29, 1.82) is 5.26 Å². The lowest BCUT2D eigenvalue weighted by molar-refractivity contribution is -0.141. The molecule has 0 spiro atoms. The average molecular weight is 531 g/mol. The van der Waals surface area contributed by atoms with Gasteiger partial charge in [-0.05, 0) is 64.4 Å². The third-order valence-electron chi connectivity index (χ3n) is 8.87. The molecule has 1 aromatic carbocycles. The zero-order valence-electron chi connectivity index (χ0n) is 22.6. The highest BCUT2D eigenvalue weighted by atomic mass is 16.6. The molecule has 3 amide bonds. The Morgan fingerprint density at radius 3 is 2.74 bits per heavy atom. The Labute approximate surface area is 228 Å². The van der Waals surface area contributed by atoms with Crippen LogP contribution in [0.4, 0.5) is 10.5 Å². The van der Waals surface area contributed by atoms with E-state index in [1.165, 1.54) is 0 Å². The summed E-state index contributed by atoms with van der Waals surface area (Å²) in [7, 11) is 0. The first-order valence-corrected chi connectivity index (χ1v) is 13.9. The van der Waals surface area contributed by atoms with E-state index in [0.717, 1.165) is 30.4 Å². The van der Waals surface area contributed by atoms with Crippen LogP contribution < -0.4 is 5.32 Å². The van der Waals surface area contributed by atoms with Crippen molar-refractivity contribution in [2.24, 2.45) is 5.92 Å². The van der Waals surface area contributed by atoms with Crippen LogP contribution in [0.25, 0.3) is 4.85 Å². The van der Waals surface area contributed by atoms with E-state index < -0.39 is 23.8 Å². The fraction of sp³-hybridized carbons (Fsp3) is 0.621. The molecule has 5 aliphatic rings. The molecule has 10 heteroatoms. The normalized spacial score (nSPS) is 31.4. The van der Waals surface area contributed by atoms with Crippen molar-refractivity contribution in [3.05, 3.63) is 40.7 Å². The average Bonchev–Trinajstić information content (AvgIpc) is 3.22. The third-order valence-corrected chi connectivity index (χ3v) is 8.87. The van der Waals surface area contributed by atoms with Crippen LogP contribution in [0.5, 0.6) is 0 Å². The number of piperidine rings is 1. The maximum Gasteiger partial charge on any atom is 0.408 e. The molecule has 1 N–H and O–H groups in total. The molecule has 39 heavy (non-hydrogen) atoms. The molecule has 6 rings (SSSR count). The second-order valence-electron chi connectivity index (χ2n) is 12.5. The van der Waals surface area contributed by atoms with E-state index in [1.807, 2.05) is 28.0 Å². The monoisotopic (exact) mass is 530 g/mol. The Balaban J connectivity index is 1.18. The van der Waals surface area contributed by atoms with Gasteiger partial charge in [-0.2, -0.15) is 5.26 Å². The number of ether oxygens (including phenoxy) is 1. The van der Waals surface area contributed by atoms with Crippen LogP contribution in [0.15, 0.2) is 18.2 Å². The smallest absolute Gasteiger partial charge is 0.408 e. The van der Waals surface area contributed by atoms with Crippen molar-refractivity contribution >= 4 is 23.6 Å². The van der Waals surface area contributed by atoms with E-state index in [0.29, 0.717) is 31.0 Å². The Morgan fingerprint density at radius 2 is 2.05 bits per heavy atom. The molecule has 4 fully saturated rings. The highest BCUT2D eigenvalue weighted by Gasteiger charge is 2.57. The van der Waals surface area contributed by atoms with Crippen LogP contribution in [-0.4, -0.2) is 81.5 Å². The highest BCUT2D eigenvalue weighted by Crippen LogP contribution is 2.48. The van der Waals surface area contributed by atoms with Gasteiger partial charge < -0.3 is 19.9 Å². The van der Waals surface area contributed by atoms with Crippen LogP contribution in [0, 0.1) is 23.8 Å². The van der Waals surface area contributed by atoms with E-state index in [2.05, 4.69) is 16.2 Å². The predicted octanol–water partition coefficient (Wildman–Crippen LogP) is 2.92. The molecule has 204 valence electrons. The van der Waals surface area contributed by atoms with Crippen molar-refractivity contribution in [2.75, 3.05) is 13.1 Å². The summed E-state index contributed by atoms with van der Waals surface area (Å²) >= 11 is 0. The van der Waals surface area contributed by atoms with E-state index in [1.54, 1.807) is 25.7 Å². The van der Waals surface area contributed by atoms with E-state index >= 15 is 0 Å². The first-order valence-electron chi connectivity index (χ1n) is 13.9. The number of fused-ring (bicyclic) bond motifs is 4. The number of benzene rings is 1. The first-order chi connectivity index (χ1) is 18.6. The molecule has 0 radical (unpaired) electrons. The van der Waals surface area contributed by atoms with Gasteiger partial charge in [0.1, 0.15) is 17.7 Å². The number of piperazine rings is 1. The lowest BCUT2D eigenvalue weighted by atomic mass is 10.0. The van der Waals surface area contributed by atoms with Crippen molar-refractivity contribution in [1.82, 2.24) is 20.0 Å². The van der Waals surface area contributed by atoms with E-state index in [4.69, 9.17) is 11.3 Å². The largest absolute Gasteiger partial charge is 0.444 e. The maximum atomic E-state index is 13.8. The molecule has 3 aliphatic heterocycles. The molecule has 3 saturated heterocycles. The zero-order valence-corrected chi connectivity index (χ0v) is 22.6. The Kier molecular flexibility index (Phi) is 6.07. The van der Waals surface area contributed by atoms with Gasteiger partial charge in [0.25, 0.3) is 0 Å². The van der Waals surface area contributed by atoms with E-state index in [9.17, 15) is 19.6 Å². The fourth-order valence-corrected chi connectivity index (χ4v) is 7.18. The number of hydrogen-bond donors (Lipinski definition) is 1. The van der Waals surface area contributed by atoms with Crippen LogP contribution in [0.3, 0.4) is 0 Å². The summed E-state index contributed by atoms with van der Waals surface area (Å²) in [5.74, 6) is 0.142. The quantitative estimate of drug-likeness (QED) is 0.587. The van der Waals surface area contributed by atoms with Crippen molar-refractivity contribution < 1.29 is 19.1 Å². The van der Waals surface area contributed by atoms with Gasteiger partial charge in [0, 0.05) is 25.2 Å². The SMILES string of the molecule is [C-]#[N+]c1ccc2c(c1)CC[C@@H]2N1C(=O)[C@H]2C[C@@H]1CN2C[C@H](NC(=O)OC(C)(C)C)C(=O)N1[C@H](C#N)C[C@@H]2C[C@@H]21. The summed E-state index contributed by atoms with van der Waals surface area (Å²) in [6.07, 6.45) is 3.27. The molecular formula is C29H34N6O4. The van der Waals surface area contributed by atoms with Gasteiger partial charge in [-0.1, -0.05) is 23.8 Å². The summed E-state index contributed by atoms with van der Waals surface area (Å²) in [5, 5.41) is 12.4. The van der Waals surface area contributed by atoms with Gasteiger partial charge in [-0.25, -0.2) is 9.64 Å². The number of alkyl carbamates (subject to hydrolysis) is 1. The summed E-state index contributed by atoms with van der Waals surface area (Å²) in [6, 6.07) is 6.36. The minimum absolute atomic E-state index is 0.00883. The number of amides is 3. The third kappa shape index (κ3) is 4.51. The number of hydrogen-bond acceptors (Lipinski definition) is 6. The molecule has 0 aromatic heterocycles. The molecular weight excluding hydrogens is 496 g/mol. The minimum Gasteiger partial charge on any atom is -0.444 e. The summed E-state index contributed by atoms with van der Waals surface area (Å²) < 4.78 is 5.46. The molecule has 1 saturated carbocycles. The topological polar surface area (TPSA) is 110 Å². The van der Waals surface area contributed by atoms with Crippen molar-refractivity contribution in [3.63, 3.8) is 0 Å². The van der Waals surface area contributed by atoms with Crippen molar-refractivity contribution in [3.8, 4) is 6.07 Å². The number of aryl methyl sites for hydroxylation is 1. The predicted molar refractivity (Wildman–Crippen MR) is 140 cm³/mol. The second-order valence-corrected chi connectivity index (χ2v) is 12.5. The van der Waals surface area contributed by atoms with Gasteiger partial charge in [0.15, 0.2) is 5.69 Å². The summed E-state index contributed by atoms with van der Waals surface area (Å²) in [5.41, 5.74) is 2.17. The Bertz CT molecular complexity index is 1310. The van der Waals surface area contributed by atoms with Crippen LogP contribution >= 0.6 is 0 Å². The number of nitriles is 1. The molecule has 1 aromatic rings. The van der Waals surface area contributed by atoms with Crippen LogP contribution in [0.1, 0.15) is 63.6 Å². The highest BCUT2D eigenvalue weighted by molar-refractivity contribution is 5.89. The molecule has 7 atom stereocenters. The number of rotatable bonds is 5. The number of carbonyl (C=O) groups excluding carboxylic acids is 3. The van der Waals surface area contributed by atoms with Crippen LogP contribution in [0.2, 0.25) is 0 Å². The summed E-state index contributed by atoms with van der Waals surface area (Å²) in [4.78, 5) is 49.4. The van der Waals surface area contributed by atoms with Gasteiger partial charge in [-0.3, -0.25) is 14.5 Å². The fourth-order valence-electron chi connectivity index (χ4n) is 7.18. The van der Waals surface area contributed by atoms with Gasteiger partial charge in [-0.15, -0.1) is 0 Å². The molecule has 10 nitrogen and oxygen atoms in total. The number of likely N-dealkylation sites (tertiary alicyclic amines) is 3. The minimum atomic E-state index is -0.908. The Morgan fingerprint density at radius 1 is 1.26 bits per heavy atom. The molecule has 2 bridgehead atoms. The molecule has 3 heterocycles. The van der Waals surface area contributed by atoms with Gasteiger partial charge in [0.2, 0.25) is 11.8 Å². The van der Waals surface area contributed by atoms with Crippen molar-refractivity contribution in [2.45, 2.75) is 94.7 Å². The zero-order chi connectivity index (χ0) is 27.6. The first kappa shape index (κ1) is 25.6. The molecule has 2 aliphatic carbocycles. The molecule has 0 unspecified atom stereocenters. The lowest BCUT2D eigenvalue weighted by Crippen LogP contribution is -2.59. The Hall–Kier alpha value is -3.63. The van der Waals surface area contributed by atoms with Crippen LogP contribution in [-0.2, 0) is 20.7 Å². The second kappa shape index (κ2) is 9.24. The van der Waals surface area contributed by atoms with Gasteiger partial charge in [0.05, 0.1) is 24.7 Å². The maximum absolute atomic E-state index is 13.8.